The third-order valence-corrected chi connectivity index (χ3v) is 6.48. The van der Waals surface area contributed by atoms with E-state index in [2.05, 4.69) is 15.2 Å². The molecule has 0 unspecified atom stereocenters. The molecule has 2 aromatic rings. The zero-order valence-electron chi connectivity index (χ0n) is 19.5. The SMILES string of the molecule is N#Cc1ccc(Oc2ccc(C=C3SC(NCCCN4CCOCC4)=NC3=O)cc2F)c(C(F)(F)F)c1. The zero-order valence-corrected chi connectivity index (χ0v) is 20.3. The number of carbonyl (C=O) groups excluding carboxylic acids is 1. The van der Waals surface area contributed by atoms with Gasteiger partial charge in [-0.2, -0.15) is 23.4 Å². The standard InChI is InChI=1S/C25H22F4N4O3S/c26-19-13-16(2-5-21(19)36-20-4-3-17(15-30)12-18(20)25(27,28)29)14-22-23(34)32-24(37-22)31-6-1-7-33-8-10-35-11-9-33/h2-5,12-14H,1,6-11H2,(H,31,32,34). The molecule has 0 bridgehead atoms. The number of alkyl halides is 3. The summed E-state index contributed by atoms with van der Waals surface area (Å²) in [5.74, 6) is -2.43. The van der Waals surface area contributed by atoms with Gasteiger partial charge in [0.25, 0.3) is 5.91 Å². The van der Waals surface area contributed by atoms with Crippen molar-refractivity contribution in [2.75, 3.05) is 39.4 Å². The predicted molar refractivity (Wildman–Crippen MR) is 131 cm³/mol. The van der Waals surface area contributed by atoms with Crippen LogP contribution in [0.1, 0.15) is 23.1 Å². The summed E-state index contributed by atoms with van der Waals surface area (Å²) in [6.45, 7) is 4.81. The second-order valence-electron chi connectivity index (χ2n) is 8.18. The molecule has 0 atom stereocenters. The van der Waals surface area contributed by atoms with Crippen molar-refractivity contribution in [1.82, 2.24) is 10.2 Å². The molecule has 194 valence electrons. The van der Waals surface area contributed by atoms with Crippen molar-refractivity contribution in [3.63, 3.8) is 0 Å². The summed E-state index contributed by atoms with van der Waals surface area (Å²) in [4.78, 5) is 18.8. The minimum Gasteiger partial charge on any atom is -0.454 e. The fourth-order valence-electron chi connectivity index (χ4n) is 3.68. The Morgan fingerprint density at radius 2 is 1.95 bits per heavy atom. The fraction of sp³-hybridized carbons (Fsp3) is 0.320. The molecule has 0 aromatic heterocycles. The van der Waals surface area contributed by atoms with Crippen LogP contribution >= 0.6 is 11.8 Å². The van der Waals surface area contributed by atoms with E-state index in [0.717, 1.165) is 69.2 Å². The Balaban J connectivity index is 1.37. The summed E-state index contributed by atoms with van der Waals surface area (Å²) in [7, 11) is 0. The number of thioether (sulfide) groups is 1. The number of hydrogen-bond donors (Lipinski definition) is 1. The molecule has 7 nitrogen and oxygen atoms in total. The van der Waals surface area contributed by atoms with Crippen molar-refractivity contribution >= 4 is 28.9 Å². The van der Waals surface area contributed by atoms with Gasteiger partial charge in [0.1, 0.15) is 5.75 Å². The quantitative estimate of drug-likeness (QED) is 0.311. The van der Waals surface area contributed by atoms with Gasteiger partial charge in [-0.1, -0.05) is 6.07 Å². The van der Waals surface area contributed by atoms with Gasteiger partial charge in [-0.15, -0.1) is 0 Å². The van der Waals surface area contributed by atoms with E-state index in [0.29, 0.717) is 23.3 Å². The van der Waals surface area contributed by atoms with Crippen LogP contribution in [0.25, 0.3) is 6.08 Å². The lowest BCUT2D eigenvalue weighted by atomic mass is 10.1. The highest BCUT2D eigenvalue weighted by molar-refractivity contribution is 8.18. The molecule has 2 heterocycles. The molecule has 37 heavy (non-hydrogen) atoms. The number of benzene rings is 2. The fourth-order valence-corrected chi connectivity index (χ4v) is 4.52. The van der Waals surface area contributed by atoms with Crippen molar-refractivity contribution in [1.29, 1.82) is 5.26 Å². The smallest absolute Gasteiger partial charge is 0.420 e. The first-order valence-electron chi connectivity index (χ1n) is 11.4. The molecule has 2 aliphatic heterocycles. The van der Waals surface area contributed by atoms with Crippen LogP contribution in [0.4, 0.5) is 17.6 Å². The maximum Gasteiger partial charge on any atom is 0.420 e. The summed E-state index contributed by atoms with van der Waals surface area (Å²) in [5.41, 5.74) is -1.07. The minimum atomic E-state index is -4.79. The average molecular weight is 535 g/mol. The van der Waals surface area contributed by atoms with Gasteiger partial charge in [0, 0.05) is 19.6 Å². The van der Waals surface area contributed by atoms with Crippen molar-refractivity contribution in [2.45, 2.75) is 12.6 Å². The molecule has 1 amide bonds. The van der Waals surface area contributed by atoms with Crippen LogP contribution in [0, 0.1) is 17.1 Å². The van der Waals surface area contributed by atoms with E-state index in [4.69, 9.17) is 14.7 Å². The molecule has 1 fully saturated rings. The zero-order chi connectivity index (χ0) is 26.4. The number of morpholine rings is 1. The van der Waals surface area contributed by atoms with E-state index in [9.17, 15) is 22.4 Å². The molecule has 0 radical (unpaired) electrons. The Bertz CT molecular complexity index is 1270. The Labute approximate surface area is 214 Å². The molecular formula is C25H22F4N4O3S. The molecular weight excluding hydrogens is 512 g/mol. The van der Waals surface area contributed by atoms with Crippen molar-refractivity contribution < 1.29 is 31.8 Å². The lowest BCUT2D eigenvalue weighted by Gasteiger charge is -2.26. The van der Waals surface area contributed by atoms with Gasteiger partial charge in [0.2, 0.25) is 0 Å². The Morgan fingerprint density at radius 3 is 2.65 bits per heavy atom. The van der Waals surface area contributed by atoms with E-state index in [1.54, 1.807) is 6.07 Å². The average Bonchev–Trinajstić information content (AvgIpc) is 3.22. The van der Waals surface area contributed by atoms with Crippen LogP contribution < -0.4 is 10.1 Å². The second kappa shape index (κ2) is 11.8. The first-order valence-corrected chi connectivity index (χ1v) is 12.2. The first kappa shape index (κ1) is 26.7. The topological polar surface area (TPSA) is 86.9 Å². The second-order valence-corrected chi connectivity index (χ2v) is 9.21. The number of ether oxygens (including phenoxy) is 2. The lowest BCUT2D eigenvalue weighted by Crippen LogP contribution is -2.37. The minimum absolute atomic E-state index is 0.200. The molecule has 2 aliphatic rings. The van der Waals surface area contributed by atoms with Crippen LogP contribution in [-0.2, 0) is 15.7 Å². The lowest BCUT2D eigenvalue weighted by molar-refractivity contribution is -0.138. The van der Waals surface area contributed by atoms with E-state index >= 15 is 0 Å². The molecule has 12 heteroatoms. The molecule has 4 rings (SSSR count). The van der Waals surface area contributed by atoms with Gasteiger partial charge in [-0.05, 0) is 66.7 Å². The van der Waals surface area contributed by atoms with Crippen LogP contribution in [-0.4, -0.2) is 55.4 Å². The van der Waals surface area contributed by atoms with Crippen LogP contribution in [0.5, 0.6) is 11.5 Å². The number of carbonyl (C=O) groups is 1. The first-order chi connectivity index (χ1) is 17.7. The van der Waals surface area contributed by atoms with Gasteiger partial charge in [0.05, 0.1) is 35.3 Å². The van der Waals surface area contributed by atoms with Gasteiger partial charge < -0.3 is 14.8 Å². The van der Waals surface area contributed by atoms with Crippen molar-refractivity contribution in [3.05, 3.63) is 63.8 Å². The molecule has 2 aromatic carbocycles. The highest BCUT2D eigenvalue weighted by atomic mass is 32.2. The maximum atomic E-state index is 14.7. The third-order valence-electron chi connectivity index (χ3n) is 5.54. The van der Waals surface area contributed by atoms with Gasteiger partial charge in [-0.3, -0.25) is 9.69 Å². The largest absolute Gasteiger partial charge is 0.454 e. The number of rotatable bonds is 7. The molecule has 0 spiro atoms. The molecule has 0 aliphatic carbocycles. The Morgan fingerprint density at radius 1 is 1.19 bits per heavy atom. The highest BCUT2D eigenvalue weighted by Gasteiger charge is 2.35. The van der Waals surface area contributed by atoms with Crippen molar-refractivity contribution in [2.24, 2.45) is 4.99 Å². The molecule has 0 saturated carbocycles. The summed E-state index contributed by atoms with van der Waals surface area (Å²) in [6.07, 6.45) is -2.47. The van der Waals surface area contributed by atoms with Gasteiger partial charge in [-0.25, -0.2) is 4.39 Å². The van der Waals surface area contributed by atoms with E-state index < -0.39 is 35.0 Å². The number of hydrogen-bond acceptors (Lipinski definition) is 7. The molecule has 1 N–H and O–H groups in total. The van der Waals surface area contributed by atoms with Crippen LogP contribution in [0.3, 0.4) is 0 Å². The summed E-state index contributed by atoms with van der Waals surface area (Å²) in [5, 5.41) is 12.5. The Kier molecular flexibility index (Phi) is 8.48. The maximum absolute atomic E-state index is 14.7. The highest BCUT2D eigenvalue weighted by Crippen LogP contribution is 2.39. The number of nitrogens with zero attached hydrogens (tertiary/aromatic N) is 3. The normalized spacial score (nSPS) is 17.5. The van der Waals surface area contributed by atoms with Crippen LogP contribution in [0.15, 0.2) is 46.3 Å². The summed E-state index contributed by atoms with van der Waals surface area (Å²) >= 11 is 1.13. The number of nitrogens with one attached hydrogen (secondary N) is 1. The molecule has 1 saturated heterocycles. The van der Waals surface area contributed by atoms with Gasteiger partial charge >= 0.3 is 6.18 Å². The van der Waals surface area contributed by atoms with Crippen molar-refractivity contribution in [3.8, 4) is 17.6 Å². The van der Waals surface area contributed by atoms with Gasteiger partial charge in [0.15, 0.2) is 16.7 Å². The number of nitriles is 1. The predicted octanol–water partition coefficient (Wildman–Crippen LogP) is 4.79. The van der Waals surface area contributed by atoms with E-state index in [1.165, 1.54) is 18.2 Å². The number of halogens is 4. The summed E-state index contributed by atoms with van der Waals surface area (Å²) < 4.78 is 65.3. The van der Waals surface area contributed by atoms with E-state index in [1.807, 2.05) is 0 Å². The number of amides is 1. The third kappa shape index (κ3) is 7.09. The Hall–Kier alpha value is -3.40. The summed E-state index contributed by atoms with van der Waals surface area (Å²) in [6, 6.07) is 8.05. The monoisotopic (exact) mass is 534 g/mol. The number of aliphatic imine (C=N–C) groups is 1. The number of amidine groups is 1. The van der Waals surface area contributed by atoms with Crippen LogP contribution in [0.2, 0.25) is 0 Å². The van der Waals surface area contributed by atoms with E-state index in [-0.39, 0.29) is 10.5 Å².